The smallest absolute Gasteiger partial charge is 0.322 e. The molecular formula is C19H19N3O3S. The number of carbonyl (C=O) groups excluding carboxylic acids is 3. The number of nitrogens with zero attached hydrogens (tertiary/aromatic N) is 1. The number of hydrogen-bond donors (Lipinski definition) is 2. The Morgan fingerprint density at radius 1 is 1.19 bits per heavy atom. The maximum Gasteiger partial charge on any atom is 0.322 e. The van der Waals surface area contributed by atoms with Crippen molar-refractivity contribution in [1.82, 2.24) is 15.5 Å². The quantitative estimate of drug-likeness (QED) is 0.811. The van der Waals surface area contributed by atoms with Gasteiger partial charge in [0.2, 0.25) is 5.91 Å². The largest absolute Gasteiger partial charge is 0.331 e. The number of thiophene rings is 1. The lowest BCUT2D eigenvalue weighted by atomic mass is 9.92. The maximum absolute atomic E-state index is 12.9. The first-order chi connectivity index (χ1) is 12.6. The monoisotopic (exact) mass is 369 g/mol. The van der Waals surface area contributed by atoms with Crippen LogP contribution in [0.5, 0.6) is 0 Å². The first-order valence-electron chi connectivity index (χ1n) is 8.65. The summed E-state index contributed by atoms with van der Waals surface area (Å²) in [5.41, 5.74) is 2.28. The topological polar surface area (TPSA) is 78.5 Å². The molecule has 1 aromatic carbocycles. The van der Waals surface area contributed by atoms with Gasteiger partial charge in [-0.3, -0.25) is 14.9 Å². The van der Waals surface area contributed by atoms with Gasteiger partial charge in [-0.05, 0) is 35.4 Å². The van der Waals surface area contributed by atoms with Gasteiger partial charge in [0.1, 0.15) is 6.04 Å². The van der Waals surface area contributed by atoms with Crippen LogP contribution in [0.1, 0.15) is 34.9 Å². The molecule has 0 saturated carbocycles. The van der Waals surface area contributed by atoms with Crippen molar-refractivity contribution in [3.05, 3.63) is 57.8 Å². The van der Waals surface area contributed by atoms with E-state index in [1.807, 2.05) is 35.2 Å². The summed E-state index contributed by atoms with van der Waals surface area (Å²) in [6, 6.07) is 10.9. The maximum atomic E-state index is 12.9. The highest BCUT2D eigenvalue weighted by Gasteiger charge is 2.34. The zero-order valence-electron chi connectivity index (χ0n) is 14.1. The Bertz CT molecular complexity index is 849. The molecule has 3 heterocycles. The summed E-state index contributed by atoms with van der Waals surface area (Å²) in [5.74, 6) is -0.356. The molecular weight excluding hydrogens is 350 g/mol. The minimum atomic E-state index is -0.622. The van der Waals surface area contributed by atoms with Crippen LogP contribution in [0.2, 0.25) is 0 Å². The second-order valence-electron chi connectivity index (χ2n) is 6.50. The summed E-state index contributed by atoms with van der Waals surface area (Å²) in [7, 11) is 0. The molecule has 1 saturated heterocycles. The molecule has 2 aromatic rings. The van der Waals surface area contributed by atoms with E-state index in [0.29, 0.717) is 13.0 Å². The van der Waals surface area contributed by atoms with Gasteiger partial charge in [0, 0.05) is 17.8 Å². The van der Waals surface area contributed by atoms with E-state index >= 15 is 0 Å². The van der Waals surface area contributed by atoms with E-state index in [2.05, 4.69) is 22.1 Å². The number of nitrogens with one attached hydrogen (secondary N) is 2. The highest BCUT2D eigenvalue weighted by atomic mass is 32.1. The Kier molecular flexibility index (Phi) is 4.46. The number of urea groups is 1. The van der Waals surface area contributed by atoms with E-state index in [-0.39, 0.29) is 24.3 Å². The fraction of sp³-hybridized carbons (Fsp3) is 0.316. The van der Waals surface area contributed by atoms with E-state index in [0.717, 1.165) is 12.0 Å². The summed E-state index contributed by atoms with van der Waals surface area (Å²) in [5, 5.41) is 6.83. The van der Waals surface area contributed by atoms with Crippen LogP contribution in [0, 0.1) is 0 Å². The second kappa shape index (κ2) is 6.92. The van der Waals surface area contributed by atoms with Gasteiger partial charge in [-0.15, -0.1) is 11.3 Å². The van der Waals surface area contributed by atoms with Gasteiger partial charge in [-0.25, -0.2) is 4.79 Å². The van der Waals surface area contributed by atoms with Gasteiger partial charge in [-0.1, -0.05) is 30.3 Å². The predicted molar refractivity (Wildman–Crippen MR) is 97.7 cm³/mol. The lowest BCUT2D eigenvalue weighted by molar-refractivity contribution is -0.133. The standard InChI is InChI=1S/C19H19N3O3S/c23-16(7-6-14-18(24)21-19(25)20-14)22-10-8-15-13(9-11-26-15)17(22)12-4-2-1-3-5-12/h1-5,9,11,14,17H,6-8,10H2,(H2,20,21,24,25)/t14-,17-/m0/s1. The highest BCUT2D eigenvalue weighted by Crippen LogP contribution is 2.38. The fourth-order valence-electron chi connectivity index (χ4n) is 3.65. The van der Waals surface area contributed by atoms with Crippen LogP contribution in [-0.4, -0.2) is 35.3 Å². The molecule has 134 valence electrons. The zero-order chi connectivity index (χ0) is 18.1. The second-order valence-corrected chi connectivity index (χ2v) is 7.50. The predicted octanol–water partition coefficient (Wildman–Crippen LogP) is 2.21. The SMILES string of the molecule is O=C1NC(=O)[C@H](CCC(=O)N2CCc3sccc3[C@@H]2c2ccccc2)N1. The molecule has 0 unspecified atom stereocenters. The van der Waals surface area contributed by atoms with E-state index in [4.69, 9.17) is 0 Å². The molecule has 0 spiro atoms. The fourth-order valence-corrected chi connectivity index (χ4v) is 4.56. The average molecular weight is 369 g/mol. The van der Waals surface area contributed by atoms with Crippen molar-refractivity contribution >= 4 is 29.2 Å². The Hall–Kier alpha value is -2.67. The summed E-state index contributed by atoms with van der Waals surface area (Å²) in [4.78, 5) is 39.1. The molecule has 0 aliphatic carbocycles. The van der Waals surface area contributed by atoms with Crippen LogP contribution >= 0.6 is 11.3 Å². The number of hydrogen-bond acceptors (Lipinski definition) is 4. The van der Waals surface area contributed by atoms with Crippen molar-refractivity contribution < 1.29 is 14.4 Å². The first-order valence-corrected chi connectivity index (χ1v) is 9.53. The first kappa shape index (κ1) is 16.8. The van der Waals surface area contributed by atoms with Crippen LogP contribution in [0.3, 0.4) is 0 Å². The molecule has 2 N–H and O–H groups in total. The normalized spacial score (nSPS) is 21.9. The van der Waals surface area contributed by atoms with Crippen molar-refractivity contribution in [1.29, 1.82) is 0 Å². The van der Waals surface area contributed by atoms with Gasteiger partial charge < -0.3 is 10.2 Å². The molecule has 4 amide bonds. The molecule has 2 atom stereocenters. The van der Waals surface area contributed by atoms with E-state index < -0.39 is 12.1 Å². The molecule has 2 aliphatic rings. The molecule has 1 aromatic heterocycles. The minimum absolute atomic E-state index is 0.00431. The number of amides is 4. The van der Waals surface area contributed by atoms with E-state index in [9.17, 15) is 14.4 Å². The number of fused-ring (bicyclic) bond motifs is 1. The summed E-state index contributed by atoms with van der Waals surface area (Å²) >= 11 is 1.73. The van der Waals surface area contributed by atoms with Crippen molar-refractivity contribution in [3.8, 4) is 0 Å². The molecule has 0 bridgehead atoms. The van der Waals surface area contributed by atoms with Crippen LogP contribution in [0.15, 0.2) is 41.8 Å². The average Bonchev–Trinajstić information content (AvgIpc) is 3.25. The van der Waals surface area contributed by atoms with Crippen molar-refractivity contribution in [2.24, 2.45) is 0 Å². The Balaban J connectivity index is 1.53. The van der Waals surface area contributed by atoms with Crippen molar-refractivity contribution in [2.45, 2.75) is 31.3 Å². The molecule has 1 fully saturated rings. The third kappa shape index (κ3) is 3.10. The van der Waals surface area contributed by atoms with Gasteiger partial charge in [-0.2, -0.15) is 0 Å². The lowest BCUT2D eigenvalue weighted by Gasteiger charge is -2.36. The lowest BCUT2D eigenvalue weighted by Crippen LogP contribution is -2.41. The molecule has 6 nitrogen and oxygen atoms in total. The molecule has 26 heavy (non-hydrogen) atoms. The van der Waals surface area contributed by atoms with E-state index in [1.54, 1.807) is 11.3 Å². The molecule has 4 rings (SSSR count). The molecule has 0 radical (unpaired) electrons. The van der Waals surface area contributed by atoms with Gasteiger partial charge in [0.05, 0.1) is 6.04 Å². The number of rotatable bonds is 4. The van der Waals surface area contributed by atoms with Gasteiger partial charge in [0.25, 0.3) is 5.91 Å². The highest BCUT2D eigenvalue weighted by molar-refractivity contribution is 7.10. The molecule has 7 heteroatoms. The summed E-state index contributed by atoms with van der Waals surface area (Å²) < 4.78 is 0. The minimum Gasteiger partial charge on any atom is -0.331 e. The third-order valence-electron chi connectivity index (χ3n) is 4.91. The molecule has 2 aliphatic heterocycles. The van der Waals surface area contributed by atoms with Crippen LogP contribution < -0.4 is 10.6 Å². The summed E-state index contributed by atoms with van der Waals surface area (Å²) in [6.07, 6.45) is 1.38. The third-order valence-corrected chi connectivity index (χ3v) is 5.90. The Morgan fingerprint density at radius 2 is 2.00 bits per heavy atom. The van der Waals surface area contributed by atoms with Gasteiger partial charge in [0.15, 0.2) is 0 Å². The Morgan fingerprint density at radius 3 is 2.73 bits per heavy atom. The number of imide groups is 1. The Labute approximate surface area is 155 Å². The zero-order valence-corrected chi connectivity index (χ0v) is 14.9. The van der Waals surface area contributed by atoms with Crippen molar-refractivity contribution in [2.75, 3.05) is 6.54 Å². The number of benzene rings is 1. The van der Waals surface area contributed by atoms with Crippen molar-refractivity contribution in [3.63, 3.8) is 0 Å². The van der Waals surface area contributed by atoms with E-state index in [1.165, 1.54) is 10.4 Å². The number of carbonyl (C=O) groups is 3. The van der Waals surface area contributed by atoms with Crippen LogP contribution in [0.25, 0.3) is 0 Å². The summed E-state index contributed by atoms with van der Waals surface area (Å²) in [6.45, 7) is 0.662. The van der Waals surface area contributed by atoms with Gasteiger partial charge >= 0.3 is 6.03 Å². The van der Waals surface area contributed by atoms with Crippen LogP contribution in [-0.2, 0) is 16.0 Å². The van der Waals surface area contributed by atoms with Crippen LogP contribution in [0.4, 0.5) is 4.79 Å².